The maximum Gasteiger partial charge on any atom is 0.324 e. The van der Waals surface area contributed by atoms with Crippen LogP contribution in [0.4, 0.5) is 22.0 Å². The maximum atomic E-state index is 13.0. The van der Waals surface area contributed by atoms with Gasteiger partial charge in [0.25, 0.3) is 0 Å². The Bertz CT molecular complexity index is 1680. The Hall–Kier alpha value is -4.32. The molecule has 42 heavy (non-hydrogen) atoms. The zero-order valence-corrected chi connectivity index (χ0v) is 24.6. The van der Waals surface area contributed by atoms with Crippen LogP contribution in [0.15, 0.2) is 84.0 Å². The van der Waals surface area contributed by atoms with Crippen LogP contribution in [0.5, 0.6) is 17.2 Å². The van der Waals surface area contributed by atoms with Crippen LogP contribution in [0.3, 0.4) is 0 Å². The van der Waals surface area contributed by atoms with Gasteiger partial charge in [0.1, 0.15) is 29.8 Å². The molecule has 6 rings (SSSR count). The van der Waals surface area contributed by atoms with Crippen molar-refractivity contribution in [3.05, 3.63) is 89.8 Å². The van der Waals surface area contributed by atoms with Gasteiger partial charge in [0.05, 0.1) is 22.1 Å². The summed E-state index contributed by atoms with van der Waals surface area (Å²) in [5.41, 5.74) is 2.71. The second-order valence-electron chi connectivity index (χ2n) is 10.9. The number of phenols is 1. The molecule has 2 aliphatic rings. The van der Waals surface area contributed by atoms with E-state index in [2.05, 4.69) is 20.6 Å². The van der Waals surface area contributed by atoms with E-state index in [1.54, 1.807) is 52.8 Å². The molecule has 3 aromatic carbocycles. The first-order chi connectivity index (χ1) is 20.1. The average molecular weight is 605 g/mol. The molecule has 0 fully saturated rings. The number of hydrogen-bond acceptors (Lipinski definition) is 8. The van der Waals surface area contributed by atoms with Gasteiger partial charge in [-0.3, -0.25) is 5.32 Å². The van der Waals surface area contributed by atoms with E-state index in [1.807, 2.05) is 62.3 Å². The molecule has 0 aliphatic carbocycles. The highest BCUT2D eigenvalue weighted by Gasteiger charge is 2.36. The maximum absolute atomic E-state index is 13.0. The molecule has 2 aliphatic heterocycles. The number of hydrogen-bond donors (Lipinski definition) is 4. The highest BCUT2D eigenvalue weighted by Crippen LogP contribution is 2.48. The monoisotopic (exact) mass is 604 g/mol. The van der Waals surface area contributed by atoms with Gasteiger partial charge in [-0.15, -0.1) is 0 Å². The van der Waals surface area contributed by atoms with Crippen molar-refractivity contribution >= 4 is 46.6 Å². The van der Waals surface area contributed by atoms with Crippen molar-refractivity contribution in [3.8, 4) is 22.9 Å². The highest BCUT2D eigenvalue weighted by molar-refractivity contribution is 8.00. The van der Waals surface area contributed by atoms with E-state index >= 15 is 0 Å². The number of aliphatic hydroxyl groups excluding tert-OH is 1. The lowest BCUT2D eigenvalue weighted by Crippen LogP contribution is -2.33. The van der Waals surface area contributed by atoms with E-state index in [9.17, 15) is 15.0 Å². The molecular weight excluding hydrogens is 576 g/mol. The number of carbonyl (C=O) groups excluding carboxylic acids is 1. The van der Waals surface area contributed by atoms with Crippen molar-refractivity contribution in [2.75, 3.05) is 22.3 Å². The lowest BCUT2D eigenvalue weighted by Gasteiger charge is -2.23. The number of nitrogens with one attached hydrogen (secondary N) is 2. The number of urea groups is 1. The fourth-order valence-corrected chi connectivity index (χ4v) is 5.97. The van der Waals surface area contributed by atoms with Crippen molar-refractivity contribution in [2.45, 2.75) is 36.6 Å². The average Bonchev–Trinajstić information content (AvgIpc) is 3.65. The zero-order valence-electron chi connectivity index (χ0n) is 23.1. The molecule has 4 aromatic rings. The minimum absolute atomic E-state index is 0.00864. The minimum Gasteiger partial charge on any atom is -0.506 e. The third kappa shape index (κ3) is 5.46. The summed E-state index contributed by atoms with van der Waals surface area (Å²) in [6, 6.07) is 19.1. The second kappa shape index (κ2) is 10.8. The van der Waals surface area contributed by atoms with E-state index in [-0.39, 0.29) is 28.4 Å². The Morgan fingerprint density at radius 3 is 2.50 bits per heavy atom. The van der Waals surface area contributed by atoms with Crippen LogP contribution < -0.4 is 20.3 Å². The van der Waals surface area contributed by atoms with Crippen molar-refractivity contribution < 1.29 is 19.7 Å². The van der Waals surface area contributed by atoms with Crippen LogP contribution in [0.2, 0.25) is 5.02 Å². The topological polar surface area (TPSA) is 115 Å². The quantitative estimate of drug-likeness (QED) is 0.188. The number of amides is 2. The number of halogens is 1. The number of phenolic OH excluding ortho intramolecular Hbond substituents is 1. The standard InChI is InChI=1S/C30H29ClN6O4S/c1-30(2,3)26-16-27(37(34-26)19-6-10-24(39)22(31)14-19)33-28(40)32-18-4-7-20(8-5-18)41-21-9-11-25-23(15-21)36-13-12-35(17-38)29(36)42-25/h4-16,29,38-39H,17H2,1-3H3,(H2,32,33,40). The Kier molecular flexibility index (Phi) is 7.17. The van der Waals surface area contributed by atoms with Crippen molar-refractivity contribution in [1.29, 1.82) is 0 Å². The Morgan fingerprint density at radius 1 is 1.02 bits per heavy atom. The summed E-state index contributed by atoms with van der Waals surface area (Å²) in [5, 5.41) is 30.0. The van der Waals surface area contributed by atoms with E-state index in [1.165, 1.54) is 6.07 Å². The summed E-state index contributed by atoms with van der Waals surface area (Å²) < 4.78 is 7.67. The van der Waals surface area contributed by atoms with Gasteiger partial charge < -0.3 is 30.1 Å². The third-order valence-corrected chi connectivity index (χ3v) is 8.40. The van der Waals surface area contributed by atoms with Crippen LogP contribution in [-0.4, -0.2) is 43.2 Å². The molecule has 0 radical (unpaired) electrons. The molecule has 1 aromatic heterocycles. The van der Waals surface area contributed by atoms with Gasteiger partial charge in [-0.05, 0) is 54.6 Å². The summed E-state index contributed by atoms with van der Waals surface area (Å²) in [6.45, 7) is 6.05. The summed E-state index contributed by atoms with van der Waals surface area (Å²) in [4.78, 5) is 18.0. The summed E-state index contributed by atoms with van der Waals surface area (Å²) in [6.07, 6.45) is 3.82. The highest BCUT2D eigenvalue weighted by atomic mass is 35.5. The summed E-state index contributed by atoms with van der Waals surface area (Å²) in [5.74, 6) is 1.71. The molecule has 0 saturated carbocycles. The number of rotatable bonds is 6. The van der Waals surface area contributed by atoms with E-state index in [4.69, 9.17) is 16.3 Å². The summed E-state index contributed by atoms with van der Waals surface area (Å²) >= 11 is 7.80. The Labute approximate surface area is 252 Å². The molecule has 2 amide bonds. The normalized spacial score (nSPS) is 15.5. The van der Waals surface area contributed by atoms with Crippen LogP contribution in [0, 0.1) is 0 Å². The zero-order chi connectivity index (χ0) is 29.6. The number of fused-ring (bicyclic) bond motifs is 3. The molecule has 12 heteroatoms. The third-order valence-electron chi connectivity index (χ3n) is 6.79. The second-order valence-corrected chi connectivity index (χ2v) is 12.4. The Balaban J connectivity index is 1.13. The fourth-order valence-electron chi connectivity index (χ4n) is 4.56. The fraction of sp³-hybridized carbons (Fsp3) is 0.200. The van der Waals surface area contributed by atoms with Gasteiger partial charge >= 0.3 is 6.03 Å². The van der Waals surface area contributed by atoms with Gasteiger partial charge in [0.2, 0.25) is 0 Å². The number of ether oxygens (including phenoxy) is 1. The lowest BCUT2D eigenvalue weighted by atomic mass is 9.92. The number of aliphatic hydroxyl groups is 1. The van der Waals surface area contributed by atoms with Gasteiger partial charge in [-0.25, -0.2) is 9.48 Å². The molecule has 1 atom stereocenters. The summed E-state index contributed by atoms with van der Waals surface area (Å²) in [7, 11) is 0. The van der Waals surface area contributed by atoms with Crippen LogP contribution >= 0.6 is 23.4 Å². The van der Waals surface area contributed by atoms with E-state index in [0.29, 0.717) is 28.7 Å². The largest absolute Gasteiger partial charge is 0.506 e. The molecular formula is C30H29ClN6O4S. The first-order valence-electron chi connectivity index (χ1n) is 13.2. The number of anilines is 3. The van der Waals surface area contributed by atoms with Gasteiger partial charge in [-0.1, -0.05) is 44.1 Å². The molecule has 0 spiro atoms. The number of aromatic hydroxyl groups is 1. The van der Waals surface area contributed by atoms with Crippen molar-refractivity contribution in [3.63, 3.8) is 0 Å². The predicted octanol–water partition coefficient (Wildman–Crippen LogP) is 6.90. The number of thioether (sulfide) groups is 1. The number of carbonyl (C=O) groups is 1. The van der Waals surface area contributed by atoms with Crippen LogP contribution in [0.1, 0.15) is 26.5 Å². The molecule has 4 N–H and O–H groups in total. The molecule has 216 valence electrons. The number of nitrogens with zero attached hydrogens (tertiary/aromatic N) is 4. The molecule has 3 heterocycles. The van der Waals surface area contributed by atoms with E-state index in [0.717, 1.165) is 16.3 Å². The SMILES string of the molecule is CC(C)(C)c1cc(NC(=O)Nc2ccc(Oc3ccc4c(c3)N3C=CN(CO)C3S4)cc2)n(-c2ccc(O)c(Cl)c2)n1. The first kappa shape index (κ1) is 27.8. The van der Waals surface area contributed by atoms with Crippen molar-refractivity contribution in [1.82, 2.24) is 14.7 Å². The predicted molar refractivity (Wildman–Crippen MR) is 165 cm³/mol. The van der Waals surface area contributed by atoms with E-state index < -0.39 is 6.03 Å². The number of benzene rings is 3. The van der Waals surface area contributed by atoms with Crippen LogP contribution in [0.25, 0.3) is 5.69 Å². The van der Waals surface area contributed by atoms with Gasteiger partial charge in [0.15, 0.2) is 5.50 Å². The molecule has 1 unspecified atom stereocenters. The Morgan fingerprint density at radius 2 is 1.79 bits per heavy atom. The number of aromatic nitrogens is 2. The first-order valence-corrected chi connectivity index (χ1v) is 14.4. The molecule has 0 bridgehead atoms. The van der Waals surface area contributed by atoms with Gasteiger partial charge in [0, 0.05) is 40.5 Å². The lowest BCUT2D eigenvalue weighted by molar-refractivity contribution is 0.152. The smallest absolute Gasteiger partial charge is 0.324 e. The van der Waals surface area contributed by atoms with Crippen LogP contribution in [-0.2, 0) is 5.41 Å². The van der Waals surface area contributed by atoms with Crippen molar-refractivity contribution in [2.24, 2.45) is 0 Å². The van der Waals surface area contributed by atoms with Gasteiger partial charge in [-0.2, -0.15) is 5.10 Å². The minimum atomic E-state index is -0.448. The molecule has 0 saturated heterocycles. The molecule has 10 nitrogen and oxygen atoms in total.